The monoisotopic (exact) mass is 387 g/mol. The minimum atomic E-state index is -2.95. The molecule has 1 aliphatic carbocycles. The zero-order chi connectivity index (χ0) is 20.5. The summed E-state index contributed by atoms with van der Waals surface area (Å²) in [6, 6.07) is 3.37. The summed E-state index contributed by atoms with van der Waals surface area (Å²) in [7, 11) is 0. The van der Waals surface area contributed by atoms with Crippen molar-refractivity contribution in [3.63, 3.8) is 0 Å². The van der Waals surface area contributed by atoms with E-state index in [1.54, 1.807) is 0 Å². The van der Waals surface area contributed by atoms with Gasteiger partial charge < -0.3 is 10.4 Å². The number of aromatic nitrogens is 3. The summed E-state index contributed by atoms with van der Waals surface area (Å²) in [6.45, 7) is 4.75. The van der Waals surface area contributed by atoms with Crippen molar-refractivity contribution in [2.45, 2.75) is 58.1 Å². The number of hydrogen-bond donors (Lipinski definition) is 2. The highest BCUT2D eigenvalue weighted by atomic mass is 19.3. The van der Waals surface area contributed by atoms with Crippen molar-refractivity contribution >= 4 is 5.82 Å². The zero-order valence-corrected chi connectivity index (χ0v) is 16.1. The van der Waals surface area contributed by atoms with Gasteiger partial charge in [-0.2, -0.15) is 5.26 Å². The number of alkyl halides is 2. The van der Waals surface area contributed by atoms with Gasteiger partial charge in [0.15, 0.2) is 0 Å². The van der Waals surface area contributed by atoms with E-state index >= 15 is 0 Å². The first kappa shape index (κ1) is 20.1. The molecule has 0 bridgehead atoms. The van der Waals surface area contributed by atoms with Crippen molar-refractivity contribution in [2.24, 2.45) is 5.41 Å². The van der Waals surface area contributed by atoms with Gasteiger partial charge in [-0.05, 0) is 24.5 Å². The van der Waals surface area contributed by atoms with E-state index in [2.05, 4.69) is 26.3 Å². The van der Waals surface area contributed by atoms with Crippen molar-refractivity contribution in [1.82, 2.24) is 15.0 Å². The molecule has 2 N–H and O–H groups in total. The van der Waals surface area contributed by atoms with E-state index in [1.165, 1.54) is 24.7 Å². The van der Waals surface area contributed by atoms with E-state index < -0.39 is 12.0 Å². The predicted octanol–water partition coefficient (Wildman–Crippen LogP) is 3.21. The fourth-order valence-electron chi connectivity index (χ4n) is 3.34. The van der Waals surface area contributed by atoms with Gasteiger partial charge in [0, 0.05) is 42.8 Å². The minimum absolute atomic E-state index is 0.0129. The maximum Gasteiger partial charge on any atom is 0.270 e. The van der Waals surface area contributed by atoms with Crippen LogP contribution < -0.4 is 5.32 Å². The standard InChI is InChI=1S/C20H23F2N5O/c1-19(2)15(8-16(19)28)26-18-13(9-23)11-25-17(27-18)5-4-12-10-24-7-6-14(12)20(3,21)22/h6-7,10-11,15-16,28H,4-5,8H2,1-3H3,(H,25,26,27)/t15-,16-/m1/s1. The van der Waals surface area contributed by atoms with Crippen LogP contribution in [0.2, 0.25) is 0 Å². The Morgan fingerprint density at radius 3 is 2.71 bits per heavy atom. The molecule has 0 saturated heterocycles. The Balaban J connectivity index is 1.77. The van der Waals surface area contributed by atoms with Crippen molar-refractivity contribution < 1.29 is 13.9 Å². The number of aryl methyl sites for hydroxylation is 2. The molecular formula is C20H23F2N5O. The highest BCUT2D eigenvalue weighted by Crippen LogP contribution is 2.42. The molecule has 1 fully saturated rings. The summed E-state index contributed by atoms with van der Waals surface area (Å²) in [5, 5.41) is 22.4. The number of nitrogens with one attached hydrogen (secondary N) is 1. The normalized spacial score (nSPS) is 20.9. The third-order valence-corrected chi connectivity index (χ3v) is 5.48. The maximum atomic E-state index is 13.8. The lowest BCUT2D eigenvalue weighted by molar-refractivity contribution is -0.0511. The lowest BCUT2D eigenvalue weighted by Crippen LogP contribution is -2.57. The van der Waals surface area contributed by atoms with Gasteiger partial charge in [0.1, 0.15) is 23.3 Å². The van der Waals surface area contributed by atoms with Gasteiger partial charge in [-0.15, -0.1) is 0 Å². The number of anilines is 1. The second kappa shape index (κ2) is 7.40. The fraction of sp³-hybridized carbons (Fsp3) is 0.500. The van der Waals surface area contributed by atoms with Crippen LogP contribution in [0, 0.1) is 16.7 Å². The summed E-state index contributed by atoms with van der Waals surface area (Å²) < 4.78 is 27.5. The molecule has 2 heterocycles. The van der Waals surface area contributed by atoms with Gasteiger partial charge in [0.25, 0.3) is 5.92 Å². The van der Waals surface area contributed by atoms with E-state index in [0.29, 0.717) is 42.0 Å². The molecule has 0 aliphatic heterocycles. The van der Waals surface area contributed by atoms with Gasteiger partial charge in [-0.3, -0.25) is 4.98 Å². The Morgan fingerprint density at radius 2 is 2.11 bits per heavy atom. The van der Waals surface area contributed by atoms with Crippen LogP contribution in [-0.4, -0.2) is 32.2 Å². The first-order chi connectivity index (χ1) is 13.1. The highest BCUT2D eigenvalue weighted by molar-refractivity contribution is 5.52. The summed E-state index contributed by atoms with van der Waals surface area (Å²) in [6.07, 6.45) is 5.04. The quantitative estimate of drug-likeness (QED) is 0.790. The lowest BCUT2D eigenvalue weighted by Gasteiger charge is -2.49. The van der Waals surface area contributed by atoms with Crippen LogP contribution in [-0.2, 0) is 18.8 Å². The third kappa shape index (κ3) is 3.94. The van der Waals surface area contributed by atoms with Crippen molar-refractivity contribution in [3.05, 3.63) is 47.2 Å². The van der Waals surface area contributed by atoms with Crippen molar-refractivity contribution in [3.8, 4) is 6.07 Å². The summed E-state index contributed by atoms with van der Waals surface area (Å²) in [4.78, 5) is 12.6. The highest BCUT2D eigenvalue weighted by Gasteiger charge is 2.47. The van der Waals surface area contributed by atoms with Gasteiger partial charge in [0.05, 0.1) is 12.3 Å². The molecule has 1 saturated carbocycles. The van der Waals surface area contributed by atoms with E-state index in [-0.39, 0.29) is 17.0 Å². The molecule has 0 unspecified atom stereocenters. The van der Waals surface area contributed by atoms with Crippen LogP contribution in [0.1, 0.15) is 49.7 Å². The molecule has 0 amide bonds. The number of halogens is 2. The number of hydrogen-bond acceptors (Lipinski definition) is 6. The summed E-state index contributed by atoms with van der Waals surface area (Å²) >= 11 is 0. The van der Waals surface area contributed by atoms with Crippen LogP contribution in [0.5, 0.6) is 0 Å². The molecule has 0 spiro atoms. The molecule has 8 heteroatoms. The number of aliphatic hydroxyl groups is 1. The Bertz CT molecular complexity index is 904. The van der Waals surface area contributed by atoms with Gasteiger partial charge in [-0.1, -0.05) is 13.8 Å². The fourth-order valence-corrected chi connectivity index (χ4v) is 3.34. The van der Waals surface area contributed by atoms with E-state index in [1.807, 2.05) is 13.8 Å². The largest absolute Gasteiger partial charge is 0.392 e. The first-order valence-corrected chi connectivity index (χ1v) is 9.14. The molecule has 1 aliphatic rings. The molecule has 28 heavy (non-hydrogen) atoms. The van der Waals surface area contributed by atoms with Crippen LogP contribution in [0.3, 0.4) is 0 Å². The van der Waals surface area contributed by atoms with Gasteiger partial charge in [0.2, 0.25) is 0 Å². The molecule has 6 nitrogen and oxygen atoms in total. The van der Waals surface area contributed by atoms with Crippen LogP contribution in [0.15, 0.2) is 24.7 Å². The Morgan fingerprint density at radius 1 is 1.36 bits per heavy atom. The third-order valence-electron chi connectivity index (χ3n) is 5.48. The zero-order valence-electron chi connectivity index (χ0n) is 16.1. The average Bonchev–Trinajstić information content (AvgIpc) is 2.65. The molecule has 148 valence electrons. The van der Waals surface area contributed by atoms with E-state index in [0.717, 1.165) is 6.92 Å². The van der Waals surface area contributed by atoms with Crippen molar-refractivity contribution in [2.75, 3.05) is 5.32 Å². The Labute approximate surface area is 162 Å². The van der Waals surface area contributed by atoms with Crippen molar-refractivity contribution in [1.29, 1.82) is 5.26 Å². The van der Waals surface area contributed by atoms with Gasteiger partial charge in [-0.25, -0.2) is 18.7 Å². The van der Waals surface area contributed by atoms with Crippen LogP contribution in [0.25, 0.3) is 0 Å². The average molecular weight is 387 g/mol. The topological polar surface area (TPSA) is 94.7 Å². The number of rotatable bonds is 6. The minimum Gasteiger partial charge on any atom is -0.392 e. The molecule has 0 radical (unpaired) electrons. The lowest BCUT2D eigenvalue weighted by atomic mass is 9.64. The van der Waals surface area contributed by atoms with E-state index in [4.69, 9.17) is 0 Å². The van der Waals surface area contributed by atoms with Crippen LogP contribution >= 0.6 is 0 Å². The second-order valence-electron chi connectivity index (χ2n) is 7.85. The SMILES string of the molecule is CC(F)(F)c1ccncc1CCc1ncc(C#N)c(N[C@@H]2C[C@@H](O)C2(C)C)n1. The predicted molar refractivity (Wildman–Crippen MR) is 99.8 cm³/mol. The summed E-state index contributed by atoms with van der Waals surface area (Å²) in [5.41, 5.74) is 0.373. The number of nitrogens with zero attached hydrogens (tertiary/aromatic N) is 4. The second-order valence-corrected chi connectivity index (χ2v) is 7.85. The smallest absolute Gasteiger partial charge is 0.270 e. The number of pyridine rings is 1. The van der Waals surface area contributed by atoms with E-state index in [9.17, 15) is 19.1 Å². The Kier molecular flexibility index (Phi) is 5.31. The molecule has 0 aromatic carbocycles. The molecular weight excluding hydrogens is 364 g/mol. The number of nitriles is 1. The molecule has 2 atom stereocenters. The summed E-state index contributed by atoms with van der Waals surface area (Å²) in [5.74, 6) is -2.09. The molecule has 3 rings (SSSR count). The molecule has 2 aromatic heterocycles. The Hall–Kier alpha value is -2.66. The van der Waals surface area contributed by atoms with Gasteiger partial charge >= 0.3 is 0 Å². The maximum absolute atomic E-state index is 13.8. The number of aliphatic hydroxyl groups excluding tert-OH is 1. The van der Waals surface area contributed by atoms with Crippen LogP contribution in [0.4, 0.5) is 14.6 Å². The first-order valence-electron chi connectivity index (χ1n) is 9.14. The molecule has 2 aromatic rings.